The molecule has 1 aromatic carbocycles. The summed E-state index contributed by atoms with van der Waals surface area (Å²) in [6, 6.07) is 9.09. The van der Waals surface area contributed by atoms with Crippen molar-refractivity contribution in [1.82, 2.24) is 15.5 Å². The molecule has 1 fully saturated rings. The Labute approximate surface area is 159 Å². The van der Waals surface area contributed by atoms with Crippen LogP contribution in [0.1, 0.15) is 44.7 Å². The van der Waals surface area contributed by atoms with Gasteiger partial charge in [0, 0.05) is 39.3 Å². The Morgan fingerprint density at radius 2 is 1.92 bits per heavy atom. The fraction of sp³-hybridized carbons (Fsp3) is 0.667. The van der Waals surface area contributed by atoms with Crippen molar-refractivity contribution in [1.29, 1.82) is 0 Å². The molecule has 26 heavy (non-hydrogen) atoms. The van der Waals surface area contributed by atoms with Crippen LogP contribution in [0.25, 0.3) is 0 Å². The van der Waals surface area contributed by atoms with Gasteiger partial charge in [0.05, 0.1) is 12.7 Å². The summed E-state index contributed by atoms with van der Waals surface area (Å²) in [6.45, 7) is 11.3. The summed E-state index contributed by atoms with van der Waals surface area (Å²) in [5.41, 5.74) is 2.74. The maximum Gasteiger partial charge on any atom is 0.191 e. The zero-order chi connectivity index (χ0) is 18.8. The summed E-state index contributed by atoms with van der Waals surface area (Å²) in [5.74, 6) is 0.900. The van der Waals surface area contributed by atoms with Crippen molar-refractivity contribution in [2.75, 3.05) is 33.3 Å². The van der Waals surface area contributed by atoms with Gasteiger partial charge in [-0.3, -0.25) is 4.99 Å². The lowest BCUT2D eigenvalue weighted by atomic mass is 10.0. The molecule has 1 aromatic rings. The third-order valence-electron chi connectivity index (χ3n) is 4.96. The SMILES string of the molecule is CCc1ccccc1CNC(=NC)NC1CCN(CCOC(C)C)CC1. The number of nitrogens with zero attached hydrogens (tertiary/aromatic N) is 2. The summed E-state index contributed by atoms with van der Waals surface area (Å²) in [7, 11) is 1.85. The van der Waals surface area contributed by atoms with Gasteiger partial charge in [-0.2, -0.15) is 0 Å². The average molecular weight is 361 g/mol. The predicted octanol–water partition coefficient (Wildman–Crippen LogP) is 2.80. The Bertz CT molecular complexity index is 551. The van der Waals surface area contributed by atoms with Gasteiger partial charge in [-0.25, -0.2) is 0 Å². The number of likely N-dealkylation sites (tertiary alicyclic amines) is 1. The van der Waals surface area contributed by atoms with Crippen molar-refractivity contribution in [2.24, 2.45) is 4.99 Å². The van der Waals surface area contributed by atoms with E-state index in [1.807, 2.05) is 7.05 Å². The zero-order valence-electron chi connectivity index (χ0n) is 16.9. The summed E-state index contributed by atoms with van der Waals surface area (Å²) >= 11 is 0. The van der Waals surface area contributed by atoms with Gasteiger partial charge in [0.15, 0.2) is 5.96 Å². The van der Waals surface area contributed by atoms with Gasteiger partial charge in [-0.1, -0.05) is 31.2 Å². The highest BCUT2D eigenvalue weighted by molar-refractivity contribution is 5.80. The quantitative estimate of drug-likeness (QED) is 0.553. The maximum absolute atomic E-state index is 5.66. The molecule has 0 radical (unpaired) electrons. The second-order valence-electron chi connectivity index (χ2n) is 7.23. The summed E-state index contributed by atoms with van der Waals surface area (Å²) in [4.78, 5) is 6.90. The average Bonchev–Trinajstić information content (AvgIpc) is 2.66. The Balaban J connectivity index is 1.72. The summed E-state index contributed by atoms with van der Waals surface area (Å²) < 4.78 is 5.66. The number of ether oxygens (including phenoxy) is 1. The largest absolute Gasteiger partial charge is 0.377 e. The lowest BCUT2D eigenvalue weighted by molar-refractivity contribution is 0.0532. The highest BCUT2D eigenvalue weighted by atomic mass is 16.5. The molecule has 1 heterocycles. The van der Waals surface area contributed by atoms with Gasteiger partial charge >= 0.3 is 0 Å². The number of hydrogen-bond donors (Lipinski definition) is 2. The van der Waals surface area contributed by atoms with E-state index < -0.39 is 0 Å². The highest BCUT2D eigenvalue weighted by Gasteiger charge is 2.19. The molecular formula is C21H36N4O. The number of aryl methyl sites for hydroxylation is 1. The van der Waals surface area contributed by atoms with Gasteiger partial charge in [-0.05, 0) is 44.2 Å². The van der Waals surface area contributed by atoms with Crippen LogP contribution < -0.4 is 10.6 Å². The normalized spacial score (nSPS) is 16.9. The van der Waals surface area contributed by atoms with Crippen molar-refractivity contribution in [3.05, 3.63) is 35.4 Å². The Morgan fingerprint density at radius 3 is 2.54 bits per heavy atom. The predicted molar refractivity (Wildman–Crippen MR) is 110 cm³/mol. The van der Waals surface area contributed by atoms with Gasteiger partial charge < -0.3 is 20.3 Å². The number of aliphatic imine (C=N–C) groups is 1. The van der Waals surface area contributed by atoms with Gasteiger partial charge in [0.25, 0.3) is 0 Å². The second kappa shape index (κ2) is 11.2. The van der Waals surface area contributed by atoms with E-state index in [0.717, 1.165) is 58.0 Å². The summed E-state index contributed by atoms with van der Waals surface area (Å²) in [6.07, 6.45) is 3.67. The van der Waals surface area contributed by atoms with Crippen LogP contribution in [0, 0.1) is 0 Å². The Hall–Kier alpha value is -1.59. The second-order valence-corrected chi connectivity index (χ2v) is 7.23. The molecule has 1 saturated heterocycles. The minimum absolute atomic E-state index is 0.321. The van der Waals surface area contributed by atoms with Crippen molar-refractivity contribution in [3.63, 3.8) is 0 Å². The standard InChI is InChI=1S/C21H36N4O/c1-5-18-8-6-7-9-19(18)16-23-21(22-4)24-20-10-12-25(13-11-20)14-15-26-17(2)3/h6-9,17,20H,5,10-16H2,1-4H3,(H2,22,23,24). The van der Waals surface area contributed by atoms with Gasteiger partial charge in [0.2, 0.25) is 0 Å². The lowest BCUT2D eigenvalue weighted by Gasteiger charge is -2.33. The monoisotopic (exact) mass is 360 g/mol. The van der Waals surface area contributed by atoms with E-state index in [-0.39, 0.29) is 0 Å². The van der Waals surface area contributed by atoms with Crippen molar-refractivity contribution >= 4 is 5.96 Å². The van der Waals surface area contributed by atoms with E-state index in [4.69, 9.17) is 4.74 Å². The third kappa shape index (κ3) is 6.96. The fourth-order valence-electron chi connectivity index (χ4n) is 3.36. The van der Waals surface area contributed by atoms with E-state index in [1.165, 1.54) is 11.1 Å². The molecule has 0 saturated carbocycles. The fourth-order valence-corrected chi connectivity index (χ4v) is 3.36. The van der Waals surface area contributed by atoms with Crippen LogP contribution in [0.5, 0.6) is 0 Å². The molecule has 146 valence electrons. The van der Waals surface area contributed by atoms with Crippen LogP contribution in [0.4, 0.5) is 0 Å². The molecule has 0 bridgehead atoms. The molecule has 0 atom stereocenters. The van der Waals surface area contributed by atoms with Crippen LogP contribution >= 0.6 is 0 Å². The van der Waals surface area contributed by atoms with E-state index in [9.17, 15) is 0 Å². The Kier molecular flexibility index (Phi) is 8.92. The molecule has 5 heteroatoms. The van der Waals surface area contributed by atoms with Crippen LogP contribution in [0.3, 0.4) is 0 Å². The molecule has 0 amide bonds. The maximum atomic E-state index is 5.66. The zero-order valence-corrected chi connectivity index (χ0v) is 16.9. The van der Waals surface area contributed by atoms with Gasteiger partial charge in [-0.15, -0.1) is 0 Å². The number of rotatable bonds is 8. The first-order valence-corrected chi connectivity index (χ1v) is 10.00. The van der Waals surface area contributed by atoms with E-state index in [2.05, 4.69) is 65.6 Å². The molecule has 2 N–H and O–H groups in total. The lowest BCUT2D eigenvalue weighted by Crippen LogP contribution is -2.49. The van der Waals surface area contributed by atoms with Crippen LogP contribution in [0.2, 0.25) is 0 Å². The number of nitrogens with one attached hydrogen (secondary N) is 2. The molecule has 0 aromatic heterocycles. The number of piperidine rings is 1. The van der Waals surface area contributed by atoms with Crippen molar-refractivity contribution < 1.29 is 4.74 Å². The van der Waals surface area contributed by atoms with Crippen LogP contribution in [-0.2, 0) is 17.7 Å². The van der Waals surface area contributed by atoms with E-state index >= 15 is 0 Å². The number of hydrogen-bond acceptors (Lipinski definition) is 3. The molecule has 0 spiro atoms. The smallest absolute Gasteiger partial charge is 0.191 e. The molecule has 2 rings (SSSR count). The minimum Gasteiger partial charge on any atom is -0.377 e. The number of guanidine groups is 1. The third-order valence-corrected chi connectivity index (χ3v) is 4.96. The van der Waals surface area contributed by atoms with E-state index in [0.29, 0.717) is 12.1 Å². The summed E-state index contributed by atoms with van der Waals surface area (Å²) in [5, 5.41) is 7.06. The Morgan fingerprint density at radius 1 is 1.23 bits per heavy atom. The molecule has 1 aliphatic rings. The molecule has 0 aliphatic carbocycles. The number of benzene rings is 1. The first kappa shape index (κ1) is 20.7. The highest BCUT2D eigenvalue weighted by Crippen LogP contribution is 2.11. The van der Waals surface area contributed by atoms with Crippen LogP contribution in [0.15, 0.2) is 29.3 Å². The van der Waals surface area contributed by atoms with E-state index in [1.54, 1.807) is 0 Å². The first-order chi connectivity index (χ1) is 12.6. The first-order valence-electron chi connectivity index (χ1n) is 10.00. The van der Waals surface area contributed by atoms with Gasteiger partial charge in [0.1, 0.15) is 0 Å². The molecule has 1 aliphatic heterocycles. The molecule has 0 unspecified atom stereocenters. The molecular weight excluding hydrogens is 324 g/mol. The van der Waals surface area contributed by atoms with Crippen LogP contribution in [-0.4, -0.2) is 56.3 Å². The topological polar surface area (TPSA) is 48.9 Å². The van der Waals surface area contributed by atoms with Crippen molar-refractivity contribution in [2.45, 2.75) is 58.7 Å². The minimum atomic E-state index is 0.321. The van der Waals surface area contributed by atoms with Crippen molar-refractivity contribution in [3.8, 4) is 0 Å². The molecule has 5 nitrogen and oxygen atoms in total.